The molecule has 1 aromatic rings. The molecule has 3 heteroatoms. The third kappa shape index (κ3) is 1.66. The van der Waals surface area contributed by atoms with Crippen LogP contribution in [0.15, 0.2) is 42.5 Å². The molecule has 0 aromatic heterocycles. The van der Waals surface area contributed by atoms with E-state index in [4.69, 9.17) is 9.47 Å². The van der Waals surface area contributed by atoms with E-state index in [2.05, 4.69) is 19.1 Å². The van der Waals surface area contributed by atoms with Gasteiger partial charge in [0.2, 0.25) is 0 Å². The van der Waals surface area contributed by atoms with Gasteiger partial charge >= 0.3 is 5.97 Å². The normalized spacial score (nSPS) is 40.9. The SMILES string of the molecule is C[C@@]12CC[C@@H](O1)[C@H]1C=C[C@H](OC(=O)c3ccccc3)[C@H]12. The van der Waals surface area contributed by atoms with Gasteiger partial charge in [-0.3, -0.25) is 0 Å². The predicted octanol–water partition coefficient (Wildman–Crippen LogP) is 2.97. The first-order chi connectivity index (χ1) is 9.67. The number of hydrogen-bond donors (Lipinski definition) is 0. The van der Waals surface area contributed by atoms with Crippen molar-refractivity contribution in [3.8, 4) is 0 Å². The summed E-state index contributed by atoms with van der Waals surface area (Å²) in [6.07, 6.45) is 6.60. The molecule has 104 valence electrons. The van der Waals surface area contributed by atoms with Crippen molar-refractivity contribution in [3.05, 3.63) is 48.0 Å². The summed E-state index contributed by atoms with van der Waals surface area (Å²) in [5.74, 6) is 0.462. The Kier molecular flexibility index (Phi) is 2.55. The number of fused-ring (bicyclic) bond motifs is 5. The highest BCUT2D eigenvalue weighted by Crippen LogP contribution is 2.55. The van der Waals surface area contributed by atoms with Gasteiger partial charge < -0.3 is 9.47 Å². The van der Waals surface area contributed by atoms with E-state index in [0.29, 0.717) is 17.6 Å². The lowest BCUT2D eigenvalue weighted by Gasteiger charge is -2.33. The van der Waals surface area contributed by atoms with Gasteiger partial charge in [-0.1, -0.05) is 24.3 Å². The molecule has 0 saturated carbocycles. The largest absolute Gasteiger partial charge is 0.454 e. The summed E-state index contributed by atoms with van der Waals surface area (Å²) in [7, 11) is 0. The number of hydrogen-bond acceptors (Lipinski definition) is 3. The molecule has 4 rings (SSSR count). The van der Waals surface area contributed by atoms with Crippen LogP contribution in [0.4, 0.5) is 0 Å². The lowest BCUT2D eigenvalue weighted by Crippen LogP contribution is -2.40. The Balaban J connectivity index is 1.53. The molecule has 2 saturated heterocycles. The number of ether oxygens (including phenoxy) is 2. The highest BCUT2D eigenvalue weighted by molar-refractivity contribution is 5.89. The first kappa shape index (κ1) is 12.2. The molecule has 0 radical (unpaired) electrons. The number of benzene rings is 1. The van der Waals surface area contributed by atoms with Crippen LogP contribution in [-0.4, -0.2) is 23.8 Å². The van der Waals surface area contributed by atoms with Crippen molar-refractivity contribution < 1.29 is 14.3 Å². The minimum Gasteiger partial charge on any atom is -0.454 e. The van der Waals surface area contributed by atoms with E-state index in [1.807, 2.05) is 18.2 Å². The maximum absolute atomic E-state index is 12.2. The number of esters is 1. The summed E-state index contributed by atoms with van der Waals surface area (Å²) >= 11 is 0. The van der Waals surface area contributed by atoms with Crippen LogP contribution in [0.1, 0.15) is 30.1 Å². The molecule has 0 spiro atoms. The van der Waals surface area contributed by atoms with Crippen LogP contribution >= 0.6 is 0 Å². The molecule has 0 unspecified atom stereocenters. The molecule has 3 nitrogen and oxygen atoms in total. The van der Waals surface area contributed by atoms with Crippen LogP contribution in [0.25, 0.3) is 0 Å². The molecule has 2 aliphatic heterocycles. The molecule has 0 amide bonds. The van der Waals surface area contributed by atoms with Gasteiger partial charge in [-0.25, -0.2) is 4.79 Å². The zero-order chi connectivity index (χ0) is 13.7. The van der Waals surface area contributed by atoms with E-state index in [9.17, 15) is 4.79 Å². The zero-order valence-electron chi connectivity index (χ0n) is 11.5. The van der Waals surface area contributed by atoms with Crippen molar-refractivity contribution in [2.45, 2.75) is 37.6 Å². The molecule has 20 heavy (non-hydrogen) atoms. The van der Waals surface area contributed by atoms with Crippen molar-refractivity contribution in [2.75, 3.05) is 0 Å². The summed E-state index contributed by atoms with van der Waals surface area (Å²) in [6.45, 7) is 2.16. The Morgan fingerprint density at radius 3 is 2.90 bits per heavy atom. The molecule has 1 aromatic carbocycles. The molecule has 5 atom stereocenters. The summed E-state index contributed by atoms with van der Waals surface area (Å²) in [5, 5.41) is 0. The standard InChI is InChI=1S/C17H18O3/c1-17-10-9-13(20-17)12-7-8-14(15(12)17)19-16(18)11-5-3-2-4-6-11/h2-8,12-15H,9-10H2,1H3/t12-,13-,14+,15+,17+/m1/s1. The van der Waals surface area contributed by atoms with Gasteiger partial charge in [0.15, 0.2) is 0 Å². The van der Waals surface area contributed by atoms with Gasteiger partial charge in [-0.15, -0.1) is 0 Å². The van der Waals surface area contributed by atoms with Crippen molar-refractivity contribution >= 4 is 5.97 Å². The fourth-order valence-electron chi connectivity index (χ4n) is 4.09. The molecule has 2 heterocycles. The molecular formula is C17H18O3. The maximum Gasteiger partial charge on any atom is 0.338 e. The second-order valence-electron chi connectivity index (χ2n) is 6.23. The number of carbonyl (C=O) groups is 1. The van der Waals surface area contributed by atoms with Crippen LogP contribution in [0.2, 0.25) is 0 Å². The van der Waals surface area contributed by atoms with Gasteiger partial charge in [0.1, 0.15) is 6.10 Å². The quantitative estimate of drug-likeness (QED) is 0.612. The molecule has 0 N–H and O–H groups in total. The Labute approximate surface area is 118 Å². The highest BCUT2D eigenvalue weighted by atomic mass is 16.6. The smallest absolute Gasteiger partial charge is 0.338 e. The lowest BCUT2D eigenvalue weighted by atomic mass is 9.73. The molecule has 2 fully saturated rings. The van der Waals surface area contributed by atoms with Gasteiger partial charge in [0.05, 0.1) is 17.3 Å². The van der Waals surface area contributed by atoms with E-state index in [1.54, 1.807) is 12.1 Å². The molecule has 2 bridgehead atoms. The molecular weight excluding hydrogens is 252 g/mol. The van der Waals surface area contributed by atoms with E-state index < -0.39 is 0 Å². The van der Waals surface area contributed by atoms with Crippen LogP contribution in [-0.2, 0) is 9.47 Å². The van der Waals surface area contributed by atoms with Crippen molar-refractivity contribution in [3.63, 3.8) is 0 Å². The fourth-order valence-corrected chi connectivity index (χ4v) is 4.09. The minimum absolute atomic E-state index is 0.125. The first-order valence-electron chi connectivity index (χ1n) is 7.29. The third-order valence-electron chi connectivity index (χ3n) is 5.02. The summed E-state index contributed by atoms with van der Waals surface area (Å²) in [4.78, 5) is 12.2. The van der Waals surface area contributed by atoms with Crippen molar-refractivity contribution in [1.82, 2.24) is 0 Å². The van der Waals surface area contributed by atoms with Gasteiger partial charge in [0, 0.05) is 11.8 Å². The van der Waals surface area contributed by atoms with Crippen molar-refractivity contribution in [2.24, 2.45) is 11.8 Å². The zero-order valence-corrected chi connectivity index (χ0v) is 11.5. The first-order valence-corrected chi connectivity index (χ1v) is 7.29. The van der Waals surface area contributed by atoms with Gasteiger partial charge in [-0.2, -0.15) is 0 Å². The van der Waals surface area contributed by atoms with E-state index in [1.165, 1.54) is 0 Å². The van der Waals surface area contributed by atoms with Gasteiger partial charge in [-0.05, 0) is 38.0 Å². The minimum atomic E-state index is -0.243. The van der Waals surface area contributed by atoms with E-state index in [0.717, 1.165) is 12.8 Å². The molecule has 3 aliphatic rings. The fraction of sp³-hybridized carbons (Fsp3) is 0.471. The number of rotatable bonds is 2. The van der Waals surface area contributed by atoms with E-state index >= 15 is 0 Å². The second-order valence-corrected chi connectivity index (χ2v) is 6.23. The number of carbonyl (C=O) groups excluding carboxylic acids is 1. The second kappa shape index (κ2) is 4.19. The van der Waals surface area contributed by atoms with E-state index in [-0.39, 0.29) is 23.6 Å². The van der Waals surface area contributed by atoms with Crippen molar-refractivity contribution in [1.29, 1.82) is 0 Å². The summed E-state index contributed by atoms with van der Waals surface area (Å²) < 4.78 is 11.8. The maximum atomic E-state index is 12.2. The monoisotopic (exact) mass is 270 g/mol. The highest BCUT2D eigenvalue weighted by Gasteiger charge is 2.60. The van der Waals surface area contributed by atoms with Crippen LogP contribution in [0.3, 0.4) is 0 Å². The van der Waals surface area contributed by atoms with Crippen LogP contribution in [0.5, 0.6) is 0 Å². The average molecular weight is 270 g/mol. The van der Waals surface area contributed by atoms with Crippen LogP contribution in [0, 0.1) is 11.8 Å². The molecule has 1 aliphatic carbocycles. The van der Waals surface area contributed by atoms with Crippen LogP contribution < -0.4 is 0 Å². The Morgan fingerprint density at radius 1 is 1.30 bits per heavy atom. The Morgan fingerprint density at radius 2 is 2.10 bits per heavy atom. The Hall–Kier alpha value is -1.61. The Bertz CT molecular complexity index is 565. The lowest BCUT2D eigenvalue weighted by molar-refractivity contribution is -0.0291. The summed E-state index contributed by atoms with van der Waals surface area (Å²) in [5.41, 5.74) is 0.485. The topological polar surface area (TPSA) is 35.5 Å². The van der Waals surface area contributed by atoms with Gasteiger partial charge in [0.25, 0.3) is 0 Å². The summed E-state index contributed by atoms with van der Waals surface area (Å²) in [6, 6.07) is 9.18. The predicted molar refractivity (Wildman–Crippen MR) is 74.3 cm³/mol. The third-order valence-corrected chi connectivity index (χ3v) is 5.02. The average Bonchev–Trinajstić information content (AvgIpc) is 3.11.